The van der Waals surface area contributed by atoms with Crippen molar-refractivity contribution < 1.29 is 32.2 Å². The summed E-state index contributed by atoms with van der Waals surface area (Å²) in [7, 11) is 6.23. The van der Waals surface area contributed by atoms with E-state index in [-0.39, 0.29) is 12.5 Å². The molecule has 0 bridgehead atoms. The second-order valence-electron chi connectivity index (χ2n) is 7.94. The van der Waals surface area contributed by atoms with E-state index in [0.29, 0.717) is 40.5 Å². The molecule has 0 saturated carbocycles. The van der Waals surface area contributed by atoms with Crippen LogP contribution >= 0.6 is 0 Å². The third-order valence-corrected chi connectivity index (χ3v) is 5.84. The summed E-state index contributed by atoms with van der Waals surface area (Å²) in [5, 5.41) is 3.06. The lowest BCUT2D eigenvalue weighted by molar-refractivity contribution is -0.137. The monoisotopic (exact) mass is 502 g/mol. The molecule has 0 aromatic heterocycles. The molecule has 0 aliphatic rings. The largest absolute Gasteiger partial charge is 0.496 e. The maximum Gasteiger partial charge on any atom is 0.416 e. The Kier molecular flexibility index (Phi) is 8.82. The highest BCUT2D eigenvalue weighted by Gasteiger charge is 2.31. The van der Waals surface area contributed by atoms with Crippen molar-refractivity contribution in [1.82, 2.24) is 5.32 Å². The zero-order valence-corrected chi connectivity index (χ0v) is 20.6. The molecule has 3 aromatic carbocycles. The average molecular weight is 503 g/mol. The SMILES string of the molecule is CN[C@@H](C(=O)N(CCc1ccc(C(F)(F)F)cc1)c1ccc(OC)c(OC)c1)c1ccccc1OC. The van der Waals surface area contributed by atoms with Gasteiger partial charge in [0.1, 0.15) is 11.8 Å². The number of rotatable bonds is 10. The Labute approximate surface area is 208 Å². The predicted octanol–water partition coefficient (Wildman–Crippen LogP) is 5.27. The molecule has 0 unspecified atom stereocenters. The lowest BCUT2D eigenvalue weighted by Gasteiger charge is -2.29. The number of alkyl halides is 3. The van der Waals surface area contributed by atoms with Gasteiger partial charge in [-0.3, -0.25) is 4.79 Å². The lowest BCUT2D eigenvalue weighted by Crippen LogP contribution is -2.41. The van der Waals surface area contributed by atoms with Crippen molar-refractivity contribution in [2.24, 2.45) is 0 Å². The zero-order valence-electron chi connectivity index (χ0n) is 20.6. The topological polar surface area (TPSA) is 60.0 Å². The van der Waals surface area contributed by atoms with E-state index >= 15 is 0 Å². The first-order valence-electron chi connectivity index (χ1n) is 11.2. The molecule has 0 radical (unpaired) electrons. The maximum atomic E-state index is 13.9. The van der Waals surface area contributed by atoms with Crippen molar-refractivity contribution in [3.8, 4) is 17.2 Å². The number of amides is 1. The molecule has 0 aliphatic heterocycles. The first-order valence-corrected chi connectivity index (χ1v) is 11.2. The van der Waals surface area contributed by atoms with Crippen molar-refractivity contribution in [2.75, 3.05) is 39.8 Å². The van der Waals surface area contributed by atoms with Crippen LogP contribution in [0.4, 0.5) is 18.9 Å². The van der Waals surface area contributed by atoms with Crippen LogP contribution in [-0.4, -0.2) is 40.8 Å². The van der Waals surface area contributed by atoms with Crippen molar-refractivity contribution in [1.29, 1.82) is 0 Å². The summed E-state index contributed by atoms with van der Waals surface area (Å²) < 4.78 is 55.1. The van der Waals surface area contributed by atoms with Gasteiger partial charge < -0.3 is 24.4 Å². The number of nitrogens with one attached hydrogen (secondary N) is 1. The fourth-order valence-corrected chi connectivity index (χ4v) is 3.93. The Morgan fingerprint density at radius 3 is 2.11 bits per heavy atom. The number of anilines is 1. The molecule has 1 N–H and O–H groups in total. The molecule has 0 heterocycles. The van der Waals surface area contributed by atoms with Crippen LogP contribution in [0, 0.1) is 0 Å². The summed E-state index contributed by atoms with van der Waals surface area (Å²) in [6.45, 7) is 0.215. The van der Waals surface area contributed by atoms with Crippen LogP contribution in [0.3, 0.4) is 0 Å². The summed E-state index contributed by atoms with van der Waals surface area (Å²) >= 11 is 0. The number of hydrogen-bond donors (Lipinski definition) is 1. The highest BCUT2D eigenvalue weighted by Crippen LogP contribution is 2.34. The molecular weight excluding hydrogens is 473 g/mol. The maximum absolute atomic E-state index is 13.9. The highest BCUT2D eigenvalue weighted by molar-refractivity contribution is 5.98. The van der Waals surface area contributed by atoms with Crippen molar-refractivity contribution in [3.05, 3.63) is 83.4 Å². The van der Waals surface area contributed by atoms with Crippen molar-refractivity contribution >= 4 is 11.6 Å². The molecule has 1 amide bonds. The Hall–Kier alpha value is -3.72. The Morgan fingerprint density at radius 2 is 1.53 bits per heavy atom. The minimum Gasteiger partial charge on any atom is -0.496 e. The minimum atomic E-state index is -4.41. The van der Waals surface area contributed by atoms with Gasteiger partial charge in [0.25, 0.3) is 0 Å². The first-order chi connectivity index (χ1) is 17.2. The second kappa shape index (κ2) is 11.8. The number of hydrogen-bond acceptors (Lipinski definition) is 5. The van der Waals surface area contributed by atoms with E-state index in [9.17, 15) is 18.0 Å². The summed E-state index contributed by atoms with van der Waals surface area (Å²) in [5.41, 5.74) is 1.16. The molecule has 192 valence electrons. The zero-order chi connectivity index (χ0) is 26.3. The number of para-hydroxylation sites is 1. The van der Waals surface area contributed by atoms with Gasteiger partial charge in [-0.25, -0.2) is 0 Å². The van der Waals surface area contributed by atoms with Gasteiger partial charge in [-0.05, 0) is 49.4 Å². The highest BCUT2D eigenvalue weighted by atomic mass is 19.4. The number of ether oxygens (including phenoxy) is 3. The van der Waals surface area contributed by atoms with Gasteiger partial charge in [0.15, 0.2) is 11.5 Å². The molecule has 0 spiro atoms. The molecule has 6 nitrogen and oxygen atoms in total. The number of halogens is 3. The first kappa shape index (κ1) is 26.9. The molecule has 0 aliphatic carbocycles. The Morgan fingerprint density at radius 1 is 0.889 bits per heavy atom. The summed E-state index contributed by atoms with van der Waals surface area (Å²) in [4.78, 5) is 15.5. The molecule has 3 rings (SSSR count). The predicted molar refractivity (Wildman–Crippen MR) is 132 cm³/mol. The normalized spacial score (nSPS) is 12.1. The quantitative estimate of drug-likeness (QED) is 0.410. The van der Waals surface area contributed by atoms with Crippen molar-refractivity contribution in [2.45, 2.75) is 18.6 Å². The second-order valence-corrected chi connectivity index (χ2v) is 7.94. The van der Waals surface area contributed by atoms with E-state index in [1.165, 1.54) is 33.5 Å². The van der Waals surface area contributed by atoms with Gasteiger partial charge in [-0.1, -0.05) is 30.3 Å². The standard InChI is InChI=1S/C27H29F3N2O4/c1-31-25(21-7-5-6-8-22(21)34-2)26(33)32(20-13-14-23(35-3)24(17-20)36-4)16-15-18-9-11-19(12-10-18)27(28,29)30/h5-14,17,25,31H,15-16H2,1-4H3/t25-/m1/s1. The molecule has 0 fully saturated rings. The van der Waals surface area contributed by atoms with Gasteiger partial charge in [-0.2, -0.15) is 13.2 Å². The van der Waals surface area contributed by atoms with Gasteiger partial charge in [0.2, 0.25) is 5.91 Å². The van der Waals surface area contributed by atoms with Gasteiger partial charge >= 0.3 is 6.18 Å². The summed E-state index contributed by atoms with van der Waals surface area (Å²) in [5.74, 6) is 1.24. The molecule has 9 heteroatoms. The van der Waals surface area contributed by atoms with Crippen LogP contribution in [0.15, 0.2) is 66.7 Å². The number of likely N-dealkylation sites (N-methyl/N-ethyl adjacent to an activating group) is 1. The Bertz CT molecular complexity index is 1170. The van der Waals surface area contributed by atoms with Gasteiger partial charge in [-0.15, -0.1) is 0 Å². The fourth-order valence-electron chi connectivity index (χ4n) is 3.93. The van der Waals surface area contributed by atoms with E-state index in [0.717, 1.165) is 12.1 Å². The lowest BCUT2D eigenvalue weighted by atomic mass is 10.0. The van der Waals surface area contributed by atoms with Crippen LogP contribution in [-0.2, 0) is 17.4 Å². The number of methoxy groups -OCH3 is 3. The molecule has 1 atom stereocenters. The van der Waals surface area contributed by atoms with E-state index in [1.807, 2.05) is 12.1 Å². The molecule has 0 saturated heterocycles. The van der Waals surface area contributed by atoms with Crippen LogP contribution in [0.1, 0.15) is 22.7 Å². The molecule has 36 heavy (non-hydrogen) atoms. The number of nitrogens with zero attached hydrogens (tertiary/aromatic N) is 1. The van der Waals surface area contributed by atoms with E-state index in [1.54, 1.807) is 42.3 Å². The fraction of sp³-hybridized carbons (Fsp3) is 0.296. The van der Waals surface area contributed by atoms with E-state index < -0.39 is 17.8 Å². The third-order valence-electron chi connectivity index (χ3n) is 5.84. The average Bonchev–Trinajstić information content (AvgIpc) is 2.89. The third kappa shape index (κ3) is 6.09. The van der Waals surface area contributed by atoms with Crippen LogP contribution < -0.4 is 24.4 Å². The van der Waals surface area contributed by atoms with Crippen LogP contribution in [0.25, 0.3) is 0 Å². The number of carbonyl (C=O) groups is 1. The summed E-state index contributed by atoms with van der Waals surface area (Å²) in [6, 6.07) is 16.5. The number of benzene rings is 3. The van der Waals surface area contributed by atoms with Crippen LogP contribution in [0.2, 0.25) is 0 Å². The van der Waals surface area contributed by atoms with Crippen LogP contribution in [0.5, 0.6) is 17.2 Å². The minimum absolute atomic E-state index is 0.215. The molecular formula is C27H29F3N2O4. The van der Waals surface area contributed by atoms with Gasteiger partial charge in [0, 0.05) is 23.9 Å². The Balaban J connectivity index is 1.97. The van der Waals surface area contributed by atoms with E-state index in [2.05, 4.69) is 5.32 Å². The van der Waals surface area contributed by atoms with E-state index in [4.69, 9.17) is 14.2 Å². The van der Waals surface area contributed by atoms with Gasteiger partial charge in [0.05, 0.1) is 26.9 Å². The smallest absolute Gasteiger partial charge is 0.416 e. The summed E-state index contributed by atoms with van der Waals surface area (Å²) in [6.07, 6.45) is -4.07. The van der Waals surface area contributed by atoms with Crippen molar-refractivity contribution in [3.63, 3.8) is 0 Å². The number of carbonyl (C=O) groups excluding carboxylic acids is 1. The molecule has 3 aromatic rings.